The van der Waals surface area contributed by atoms with Gasteiger partial charge in [0.1, 0.15) is 0 Å². The Labute approximate surface area is 178 Å². The SMILES string of the molecule is C[C@@H](CO)CCC[C@@H](C)C1CCC2C3CCC4=CC(=O)CC[C@]4(C)C3CC[C@@]21C. The van der Waals surface area contributed by atoms with Gasteiger partial charge in [-0.3, -0.25) is 4.79 Å². The van der Waals surface area contributed by atoms with Gasteiger partial charge in [0.2, 0.25) is 0 Å². The summed E-state index contributed by atoms with van der Waals surface area (Å²) in [5, 5.41) is 9.31. The highest BCUT2D eigenvalue weighted by atomic mass is 16.3. The molecule has 29 heavy (non-hydrogen) atoms. The first-order valence-electron chi connectivity index (χ1n) is 12.6. The third-order valence-electron chi connectivity index (χ3n) is 10.4. The molecule has 0 aromatic heterocycles. The molecule has 3 fully saturated rings. The van der Waals surface area contributed by atoms with Crippen LogP contribution in [0, 0.1) is 46.3 Å². The molecule has 0 aromatic carbocycles. The number of allylic oxidation sites excluding steroid dienone is 1. The van der Waals surface area contributed by atoms with Crippen LogP contribution in [0.15, 0.2) is 11.6 Å². The summed E-state index contributed by atoms with van der Waals surface area (Å²) >= 11 is 0. The number of carbonyl (C=O) groups excluding carboxylic acids is 1. The van der Waals surface area contributed by atoms with Crippen LogP contribution in [0.1, 0.15) is 98.3 Å². The van der Waals surface area contributed by atoms with Crippen LogP contribution in [0.25, 0.3) is 0 Å². The first-order chi connectivity index (χ1) is 13.8. The molecule has 0 radical (unpaired) electrons. The number of rotatable bonds is 6. The van der Waals surface area contributed by atoms with Crippen LogP contribution in [0.2, 0.25) is 0 Å². The van der Waals surface area contributed by atoms with Crippen molar-refractivity contribution in [2.45, 2.75) is 98.3 Å². The van der Waals surface area contributed by atoms with Gasteiger partial charge in [-0.25, -0.2) is 0 Å². The highest BCUT2D eigenvalue weighted by molar-refractivity contribution is 5.91. The third kappa shape index (κ3) is 3.66. The number of aliphatic hydroxyl groups excluding tert-OH is 1. The van der Waals surface area contributed by atoms with E-state index in [-0.39, 0.29) is 0 Å². The third-order valence-corrected chi connectivity index (χ3v) is 10.4. The molecule has 3 saturated carbocycles. The zero-order chi connectivity index (χ0) is 20.8. The molecule has 0 spiro atoms. The minimum absolute atomic E-state index is 0.308. The molecule has 2 nitrogen and oxygen atoms in total. The molecule has 164 valence electrons. The lowest BCUT2D eigenvalue weighted by Crippen LogP contribution is -2.50. The predicted molar refractivity (Wildman–Crippen MR) is 119 cm³/mol. The maximum Gasteiger partial charge on any atom is 0.155 e. The lowest BCUT2D eigenvalue weighted by atomic mass is 9.46. The highest BCUT2D eigenvalue weighted by Crippen LogP contribution is 2.67. The Hall–Kier alpha value is -0.630. The normalized spacial score (nSPS) is 43.8. The van der Waals surface area contributed by atoms with E-state index in [1.807, 2.05) is 6.08 Å². The minimum atomic E-state index is 0.308. The molecule has 0 aromatic rings. The van der Waals surface area contributed by atoms with E-state index in [1.165, 1.54) is 63.4 Å². The smallest absolute Gasteiger partial charge is 0.155 e. The maximum atomic E-state index is 12.0. The summed E-state index contributed by atoms with van der Waals surface area (Å²) in [5.41, 5.74) is 2.34. The van der Waals surface area contributed by atoms with Gasteiger partial charge in [0, 0.05) is 13.0 Å². The second kappa shape index (κ2) is 8.13. The van der Waals surface area contributed by atoms with Gasteiger partial charge in [-0.1, -0.05) is 46.1 Å². The Kier molecular flexibility index (Phi) is 6.06. The molecule has 0 aliphatic heterocycles. The fourth-order valence-corrected chi connectivity index (χ4v) is 8.62. The molecule has 4 aliphatic rings. The van der Waals surface area contributed by atoms with Crippen molar-refractivity contribution in [2.75, 3.05) is 6.61 Å². The summed E-state index contributed by atoms with van der Waals surface area (Å²) in [6, 6.07) is 0. The van der Waals surface area contributed by atoms with Gasteiger partial charge in [0.05, 0.1) is 0 Å². The van der Waals surface area contributed by atoms with E-state index >= 15 is 0 Å². The van der Waals surface area contributed by atoms with E-state index in [2.05, 4.69) is 27.7 Å². The first kappa shape index (κ1) is 21.6. The fourth-order valence-electron chi connectivity index (χ4n) is 8.62. The van der Waals surface area contributed by atoms with Crippen molar-refractivity contribution in [1.29, 1.82) is 0 Å². The van der Waals surface area contributed by atoms with Gasteiger partial charge in [0.25, 0.3) is 0 Å². The molecular weight excluding hydrogens is 356 g/mol. The lowest BCUT2D eigenvalue weighted by molar-refractivity contribution is -0.117. The largest absolute Gasteiger partial charge is 0.396 e. The van der Waals surface area contributed by atoms with Crippen LogP contribution in [0.5, 0.6) is 0 Å². The molecule has 2 heteroatoms. The van der Waals surface area contributed by atoms with Gasteiger partial charge in [-0.05, 0) is 104 Å². The van der Waals surface area contributed by atoms with Crippen molar-refractivity contribution in [3.63, 3.8) is 0 Å². The van der Waals surface area contributed by atoms with E-state index in [1.54, 1.807) is 0 Å². The van der Waals surface area contributed by atoms with E-state index in [9.17, 15) is 9.90 Å². The number of fused-ring (bicyclic) bond motifs is 5. The summed E-state index contributed by atoms with van der Waals surface area (Å²) in [6.45, 7) is 10.2. The average Bonchev–Trinajstić information content (AvgIpc) is 3.05. The number of aliphatic hydroxyl groups is 1. The molecule has 4 aliphatic carbocycles. The van der Waals surface area contributed by atoms with E-state index in [4.69, 9.17) is 0 Å². The van der Waals surface area contributed by atoms with E-state index in [0.717, 1.165) is 42.4 Å². The van der Waals surface area contributed by atoms with Crippen LogP contribution in [-0.4, -0.2) is 17.5 Å². The standard InChI is InChI=1S/C27H44O2/c1-18(17-28)6-5-7-19(2)23-10-11-24-22-9-8-20-16-21(29)12-14-26(20,3)25(22)13-15-27(23,24)4/h16,18-19,22-25,28H,5-15,17H2,1-4H3/t18-,19-,22?,23?,24?,25?,26+,27-/m1/s1. The predicted octanol–water partition coefficient (Wildman–Crippen LogP) is 6.57. The summed E-state index contributed by atoms with van der Waals surface area (Å²) in [4.78, 5) is 12.0. The van der Waals surface area contributed by atoms with Crippen molar-refractivity contribution in [1.82, 2.24) is 0 Å². The summed E-state index contributed by atoms with van der Waals surface area (Å²) in [7, 11) is 0. The fraction of sp³-hybridized carbons (Fsp3) is 0.889. The molecular formula is C27H44O2. The molecule has 0 bridgehead atoms. The Bertz CT molecular complexity index is 651. The van der Waals surface area contributed by atoms with Crippen LogP contribution >= 0.6 is 0 Å². The van der Waals surface area contributed by atoms with Crippen molar-refractivity contribution in [3.05, 3.63) is 11.6 Å². The quantitative estimate of drug-likeness (QED) is 0.547. The Morgan fingerprint density at radius 2 is 1.83 bits per heavy atom. The molecule has 4 rings (SSSR count). The minimum Gasteiger partial charge on any atom is -0.396 e. The molecule has 1 N–H and O–H groups in total. The second-order valence-corrected chi connectivity index (χ2v) is 11.9. The van der Waals surface area contributed by atoms with Gasteiger partial charge in [-0.2, -0.15) is 0 Å². The Balaban J connectivity index is 1.46. The second-order valence-electron chi connectivity index (χ2n) is 11.9. The molecule has 0 amide bonds. The lowest BCUT2D eigenvalue weighted by Gasteiger charge is -2.58. The van der Waals surface area contributed by atoms with Crippen LogP contribution in [0.4, 0.5) is 0 Å². The van der Waals surface area contributed by atoms with Gasteiger partial charge in [-0.15, -0.1) is 0 Å². The van der Waals surface area contributed by atoms with E-state index in [0.29, 0.717) is 29.1 Å². The van der Waals surface area contributed by atoms with Crippen molar-refractivity contribution in [3.8, 4) is 0 Å². The average molecular weight is 401 g/mol. The summed E-state index contributed by atoms with van der Waals surface area (Å²) in [5.74, 6) is 5.13. The first-order valence-corrected chi connectivity index (χ1v) is 12.6. The van der Waals surface area contributed by atoms with Gasteiger partial charge >= 0.3 is 0 Å². The zero-order valence-electron chi connectivity index (χ0n) is 19.4. The molecule has 0 saturated heterocycles. The number of ketones is 1. The molecule has 0 heterocycles. The highest BCUT2D eigenvalue weighted by Gasteiger charge is 2.59. The topological polar surface area (TPSA) is 37.3 Å². The van der Waals surface area contributed by atoms with E-state index < -0.39 is 0 Å². The molecule has 8 atom stereocenters. The maximum absolute atomic E-state index is 12.0. The monoisotopic (exact) mass is 400 g/mol. The van der Waals surface area contributed by atoms with Crippen molar-refractivity contribution < 1.29 is 9.90 Å². The van der Waals surface area contributed by atoms with Crippen LogP contribution in [-0.2, 0) is 4.79 Å². The number of hydrogen-bond acceptors (Lipinski definition) is 2. The molecule has 4 unspecified atom stereocenters. The number of carbonyl (C=O) groups is 1. The zero-order valence-corrected chi connectivity index (χ0v) is 19.4. The van der Waals surface area contributed by atoms with Crippen molar-refractivity contribution >= 4 is 5.78 Å². The van der Waals surface area contributed by atoms with Crippen LogP contribution in [0.3, 0.4) is 0 Å². The van der Waals surface area contributed by atoms with Gasteiger partial charge < -0.3 is 5.11 Å². The Morgan fingerprint density at radius 1 is 1.03 bits per heavy atom. The number of hydrogen-bond donors (Lipinski definition) is 1. The summed E-state index contributed by atoms with van der Waals surface area (Å²) < 4.78 is 0. The summed E-state index contributed by atoms with van der Waals surface area (Å²) in [6.07, 6.45) is 15.8. The van der Waals surface area contributed by atoms with Crippen molar-refractivity contribution in [2.24, 2.45) is 46.3 Å². The van der Waals surface area contributed by atoms with Crippen LogP contribution < -0.4 is 0 Å². The van der Waals surface area contributed by atoms with Gasteiger partial charge in [0.15, 0.2) is 5.78 Å². The Morgan fingerprint density at radius 3 is 2.59 bits per heavy atom.